The van der Waals surface area contributed by atoms with Gasteiger partial charge in [0.25, 0.3) is 11.8 Å². The van der Waals surface area contributed by atoms with Crippen molar-refractivity contribution in [1.29, 1.82) is 0 Å². The lowest BCUT2D eigenvalue weighted by Crippen LogP contribution is -2.58. The number of hydrogen-bond acceptors (Lipinski definition) is 10. The van der Waals surface area contributed by atoms with E-state index >= 15 is 0 Å². The minimum Gasteiger partial charge on any atom is -0.343 e. The van der Waals surface area contributed by atoms with Crippen LogP contribution < -0.4 is 31.9 Å². The molecule has 4 aromatic carbocycles. The molecule has 4 aliphatic carbocycles. The Labute approximate surface area is 519 Å². The molecule has 2 heterocycles. The largest absolute Gasteiger partial charge is 0.343 e. The molecular weight excluding hydrogens is 1110 g/mol. The molecule has 470 valence electrons. The molecule has 0 radical (unpaired) electrons. The Balaban J connectivity index is 0.756. The summed E-state index contributed by atoms with van der Waals surface area (Å²) in [7, 11) is 3.47. The van der Waals surface area contributed by atoms with E-state index in [1.54, 1.807) is 52.2 Å². The van der Waals surface area contributed by atoms with E-state index in [1.807, 2.05) is 68.1 Å². The smallest absolute Gasteiger partial charge is 0.251 e. The van der Waals surface area contributed by atoms with Crippen LogP contribution in [0.1, 0.15) is 147 Å². The minimum absolute atomic E-state index is 0.0501. The molecule has 2 aliphatic heterocycles. The summed E-state index contributed by atoms with van der Waals surface area (Å²) in [6.45, 7) is 4.89. The first-order valence-electron chi connectivity index (χ1n) is 32.7. The number of likely N-dealkylation sites (N-methyl/N-ethyl adjacent to an activating group) is 2. The lowest BCUT2D eigenvalue weighted by atomic mass is 9.83. The maximum absolute atomic E-state index is 14.6. The third-order valence-corrected chi connectivity index (χ3v) is 20.2. The molecule has 2 saturated heterocycles. The van der Waals surface area contributed by atoms with Crippen LogP contribution in [0.3, 0.4) is 0 Å². The highest BCUT2D eigenvalue weighted by atomic mass is 16.2. The molecule has 2 saturated carbocycles. The standard InChI is InChI=1S/C70H92N10O8/c1-45(71-3)65(83)75-63(49-17-7-5-8-18-49)69(87)77-35-15-25-57(77)43-79(59-37-53-21-11-12-22-54(53)38-59)61(81)41-73-67(85)51-31-27-47(28-32-51)48-29-33-52(34-30-48)68(86)74-42-62(82)80(60-39-55-23-13-14-24-56(55)40-60)44-58-26-16-36-78(58)70(88)64(50-19-9-6-10-20-50)76-66(84)46(2)72-4/h11-14,21-24,27-34,45-46,49-50,57-60,63-64,71-72H,5-10,15-20,25-26,35-44H2,1-4H3,(H,73,85)(H,74,86)(H,75,83)(H,76,84)/t45-,46-,57-,58+,63-,64-/m0/s1. The molecule has 6 aliphatic rings. The van der Waals surface area contributed by atoms with Crippen molar-refractivity contribution in [2.24, 2.45) is 11.8 Å². The number of hydrogen-bond donors (Lipinski definition) is 6. The van der Waals surface area contributed by atoms with Crippen molar-refractivity contribution in [3.8, 4) is 11.1 Å². The first-order chi connectivity index (χ1) is 42.7. The van der Waals surface area contributed by atoms with Crippen LogP contribution in [0.4, 0.5) is 0 Å². The summed E-state index contributed by atoms with van der Waals surface area (Å²) in [5.41, 5.74) is 7.13. The van der Waals surface area contributed by atoms with Gasteiger partial charge in [0.05, 0.1) is 25.2 Å². The second kappa shape index (κ2) is 29.7. The summed E-state index contributed by atoms with van der Waals surface area (Å²) in [6, 6.07) is 27.7. The highest BCUT2D eigenvalue weighted by Gasteiger charge is 2.43. The number of nitrogens with zero attached hydrogens (tertiary/aromatic N) is 4. The van der Waals surface area contributed by atoms with Crippen LogP contribution in [-0.2, 0) is 54.5 Å². The summed E-state index contributed by atoms with van der Waals surface area (Å²) in [4.78, 5) is 120. The number of fused-ring (bicyclic) bond motifs is 2. The van der Waals surface area contributed by atoms with Gasteiger partial charge in [-0.25, -0.2) is 0 Å². The molecule has 0 unspecified atom stereocenters. The molecule has 0 bridgehead atoms. The zero-order chi connectivity index (χ0) is 61.8. The van der Waals surface area contributed by atoms with Crippen LogP contribution >= 0.6 is 0 Å². The molecule has 88 heavy (non-hydrogen) atoms. The van der Waals surface area contributed by atoms with Crippen molar-refractivity contribution in [3.05, 3.63) is 130 Å². The van der Waals surface area contributed by atoms with E-state index in [1.165, 1.54) is 22.3 Å². The number of carbonyl (C=O) groups excluding carboxylic acids is 8. The van der Waals surface area contributed by atoms with Gasteiger partial charge in [0.15, 0.2) is 0 Å². The van der Waals surface area contributed by atoms with E-state index in [0.29, 0.717) is 63.0 Å². The average molecular weight is 1200 g/mol. The summed E-state index contributed by atoms with van der Waals surface area (Å²) >= 11 is 0. The predicted molar refractivity (Wildman–Crippen MR) is 339 cm³/mol. The number of carbonyl (C=O) groups is 8. The Kier molecular flexibility index (Phi) is 21.5. The number of amides is 8. The fourth-order valence-corrected chi connectivity index (χ4v) is 14.7. The lowest BCUT2D eigenvalue weighted by Gasteiger charge is -2.38. The van der Waals surface area contributed by atoms with E-state index in [9.17, 15) is 38.4 Å². The van der Waals surface area contributed by atoms with E-state index in [-0.39, 0.29) is 84.5 Å². The first kappa shape index (κ1) is 63.6. The monoisotopic (exact) mass is 1200 g/mol. The fraction of sp³-hybridized carbons (Fsp3) is 0.543. The van der Waals surface area contributed by atoms with Gasteiger partial charge < -0.3 is 51.5 Å². The zero-order valence-electron chi connectivity index (χ0n) is 52.0. The predicted octanol–water partition coefficient (Wildman–Crippen LogP) is 6.13. The van der Waals surface area contributed by atoms with Gasteiger partial charge in [-0.3, -0.25) is 38.4 Å². The van der Waals surface area contributed by atoms with E-state index in [0.717, 1.165) is 101 Å². The van der Waals surface area contributed by atoms with Gasteiger partial charge in [-0.15, -0.1) is 0 Å². The van der Waals surface area contributed by atoms with Gasteiger partial charge in [0.1, 0.15) is 12.1 Å². The molecule has 0 aromatic heterocycles. The number of nitrogens with one attached hydrogen (secondary N) is 6. The Morgan fingerprint density at radius 2 is 0.795 bits per heavy atom. The van der Waals surface area contributed by atoms with Crippen molar-refractivity contribution in [2.75, 3.05) is 53.4 Å². The first-order valence-corrected chi connectivity index (χ1v) is 32.7. The Morgan fingerprint density at radius 1 is 0.455 bits per heavy atom. The normalized spacial score (nSPS) is 20.3. The molecule has 4 aromatic rings. The van der Waals surface area contributed by atoms with E-state index < -0.39 is 36.0 Å². The maximum Gasteiger partial charge on any atom is 0.251 e. The van der Waals surface area contributed by atoms with Gasteiger partial charge in [-0.05, 0) is 174 Å². The minimum atomic E-state index is -0.633. The second-order valence-corrected chi connectivity index (χ2v) is 25.7. The van der Waals surface area contributed by atoms with Crippen LogP contribution in [0.2, 0.25) is 0 Å². The van der Waals surface area contributed by atoms with Crippen LogP contribution in [0.5, 0.6) is 0 Å². The summed E-state index contributed by atoms with van der Waals surface area (Å²) in [5, 5.41) is 18.0. The second-order valence-electron chi connectivity index (χ2n) is 25.7. The molecule has 18 nitrogen and oxygen atoms in total. The quantitative estimate of drug-likeness (QED) is 0.0499. The van der Waals surface area contributed by atoms with Crippen LogP contribution in [0.15, 0.2) is 97.1 Å². The van der Waals surface area contributed by atoms with Crippen LogP contribution in [0, 0.1) is 11.8 Å². The van der Waals surface area contributed by atoms with Gasteiger partial charge in [-0.1, -0.05) is 111 Å². The third kappa shape index (κ3) is 15.2. The zero-order valence-corrected chi connectivity index (χ0v) is 52.0. The van der Waals surface area contributed by atoms with Crippen molar-refractivity contribution in [2.45, 2.75) is 178 Å². The van der Waals surface area contributed by atoms with E-state index in [4.69, 9.17) is 0 Å². The number of rotatable bonds is 23. The van der Waals surface area contributed by atoms with Crippen molar-refractivity contribution < 1.29 is 38.4 Å². The van der Waals surface area contributed by atoms with Crippen LogP contribution in [0.25, 0.3) is 11.1 Å². The maximum atomic E-state index is 14.6. The molecule has 6 N–H and O–H groups in total. The Morgan fingerprint density at radius 3 is 1.12 bits per heavy atom. The van der Waals surface area contributed by atoms with Gasteiger partial charge in [0, 0.05) is 61.5 Å². The van der Waals surface area contributed by atoms with Crippen molar-refractivity contribution >= 4 is 47.3 Å². The molecule has 10 rings (SSSR count). The van der Waals surface area contributed by atoms with Gasteiger partial charge in [-0.2, -0.15) is 0 Å². The molecule has 0 spiro atoms. The SMILES string of the molecule is CN[C@@H](C)C(=O)N[C@H](C(=O)N1CCC[C@@H]1CN(C(=O)CNC(=O)c1ccc(-c2ccc(C(=O)NCC(=O)N(C[C@@H]3CCCN3C(=O)[C@@H](NC(=O)[C@H](C)NC)C3CCCCC3)C3Cc4ccccc4C3)cc2)cc1)C1Cc2ccccc2C1)C1CCCCC1. The fourth-order valence-electron chi connectivity index (χ4n) is 14.7. The van der Waals surface area contributed by atoms with Crippen molar-refractivity contribution in [1.82, 2.24) is 51.5 Å². The Bertz CT molecular complexity index is 2870. The van der Waals surface area contributed by atoms with Crippen molar-refractivity contribution in [3.63, 3.8) is 0 Å². The summed E-state index contributed by atoms with van der Waals surface area (Å²) in [6.07, 6.45) is 15.6. The number of benzene rings is 4. The molecular formula is C70H92N10O8. The summed E-state index contributed by atoms with van der Waals surface area (Å²) in [5.74, 6) is -1.70. The van der Waals surface area contributed by atoms with Crippen LogP contribution in [-0.4, -0.2) is 169 Å². The Hall–Kier alpha value is -7.44. The average Bonchev–Trinajstić information content (AvgIpc) is 3.97. The molecule has 18 heteroatoms. The summed E-state index contributed by atoms with van der Waals surface area (Å²) < 4.78 is 0. The van der Waals surface area contributed by atoms with E-state index in [2.05, 4.69) is 56.2 Å². The highest BCUT2D eigenvalue weighted by Crippen LogP contribution is 2.34. The molecule has 4 fully saturated rings. The third-order valence-electron chi connectivity index (χ3n) is 20.2. The topological polar surface area (TPSA) is 222 Å². The van der Waals surface area contributed by atoms with Gasteiger partial charge >= 0.3 is 0 Å². The van der Waals surface area contributed by atoms with Gasteiger partial charge in [0.2, 0.25) is 35.4 Å². The molecule has 8 amide bonds. The lowest BCUT2D eigenvalue weighted by molar-refractivity contribution is -0.141. The highest BCUT2D eigenvalue weighted by molar-refractivity contribution is 5.98. The number of likely N-dealkylation sites (tertiary alicyclic amines) is 2. The molecule has 6 atom stereocenters.